The van der Waals surface area contributed by atoms with Gasteiger partial charge in [-0.15, -0.1) is 0 Å². The summed E-state index contributed by atoms with van der Waals surface area (Å²) < 4.78 is 11.7. The largest absolute Gasteiger partial charge is 0.483 e. The summed E-state index contributed by atoms with van der Waals surface area (Å²) in [5, 5.41) is 3.76. The van der Waals surface area contributed by atoms with Crippen molar-refractivity contribution in [2.75, 3.05) is 13.2 Å². The van der Waals surface area contributed by atoms with Gasteiger partial charge in [-0.2, -0.15) is 0 Å². The third-order valence-corrected chi connectivity index (χ3v) is 4.65. The first kappa shape index (κ1) is 18.8. The predicted octanol–water partition coefficient (Wildman–Crippen LogP) is 3.76. The molecule has 0 bridgehead atoms. The fraction of sp³-hybridized carbons (Fsp3) is 0.250. The second-order valence-electron chi connectivity index (χ2n) is 7.50. The second-order valence-corrected chi connectivity index (χ2v) is 7.50. The molecule has 5 heteroatoms. The number of nitrogens with zero attached hydrogens (tertiary/aromatic N) is 1. The molecule has 0 unspecified atom stereocenters. The Kier molecular flexibility index (Phi) is 5.09. The Labute approximate surface area is 170 Å². The zero-order chi connectivity index (χ0) is 20.3. The maximum Gasteiger partial charge on any atom is 0.270 e. The molecule has 0 atom stereocenters. The molecule has 3 aromatic rings. The topological polar surface area (TPSA) is 60.5 Å². The molecule has 0 saturated carbocycles. The average molecular weight is 386 g/mol. The first-order valence-corrected chi connectivity index (χ1v) is 9.55. The summed E-state index contributed by atoms with van der Waals surface area (Å²) in [5.74, 6) is 7.08. The van der Waals surface area contributed by atoms with E-state index in [0.717, 1.165) is 28.6 Å². The minimum Gasteiger partial charge on any atom is -0.483 e. The Bertz CT molecular complexity index is 1130. The van der Waals surface area contributed by atoms with Gasteiger partial charge in [0.1, 0.15) is 17.9 Å². The summed E-state index contributed by atoms with van der Waals surface area (Å²) in [6, 6.07) is 17.2. The summed E-state index contributed by atoms with van der Waals surface area (Å²) in [6.45, 7) is 4.57. The monoisotopic (exact) mass is 386 g/mol. The molecule has 146 valence electrons. The van der Waals surface area contributed by atoms with Crippen molar-refractivity contribution in [1.82, 2.24) is 10.3 Å². The number of carbonyl (C=O) groups excluding carboxylic acids is 1. The number of pyridine rings is 1. The molecule has 0 aliphatic carbocycles. The van der Waals surface area contributed by atoms with Gasteiger partial charge >= 0.3 is 0 Å². The van der Waals surface area contributed by atoms with E-state index in [1.807, 2.05) is 42.5 Å². The third kappa shape index (κ3) is 4.33. The molecule has 0 saturated heterocycles. The number of hydrogen-bond donors (Lipinski definition) is 1. The van der Waals surface area contributed by atoms with Gasteiger partial charge in [-0.3, -0.25) is 4.79 Å². The van der Waals surface area contributed by atoms with Gasteiger partial charge in [0.25, 0.3) is 5.91 Å². The summed E-state index contributed by atoms with van der Waals surface area (Å²) in [7, 11) is 0. The van der Waals surface area contributed by atoms with Crippen LogP contribution in [0.15, 0.2) is 54.6 Å². The molecule has 5 nitrogen and oxygen atoms in total. The molecule has 0 fully saturated rings. The fourth-order valence-electron chi connectivity index (χ4n) is 3.34. The van der Waals surface area contributed by atoms with Gasteiger partial charge in [-0.1, -0.05) is 48.2 Å². The molecule has 1 N–H and O–H groups in total. The lowest BCUT2D eigenvalue weighted by molar-refractivity contribution is 0.0954. The highest BCUT2D eigenvalue weighted by Gasteiger charge is 2.32. The zero-order valence-electron chi connectivity index (χ0n) is 16.5. The Hall–Kier alpha value is -3.52. The summed E-state index contributed by atoms with van der Waals surface area (Å²) >= 11 is 0. The SMILES string of the molecule is CC1(C)Cc2cccc(OCC#CCNC(=O)c3ccc4ccccc4n3)c2O1. The van der Waals surface area contributed by atoms with E-state index in [0.29, 0.717) is 11.4 Å². The van der Waals surface area contributed by atoms with Crippen molar-refractivity contribution in [1.29, 1.82) is 0 Å². The van der Waals surface area contributed by atoms with Crippen LogP contribution in [-0.2, 0) is 6.42 Å². The number of hydrogen-bond acceptors (Lipinski definition) is 4. The molecule has 4 rings (SSSR count). The van der Waals surface area contributed by atoms with Gasteiger partial charge in [0.2, 0.25) is 0 Å². The number of nitrogens with one attached hydrogen (secondary N) is 1. The number of amides is 1. The molecule has 1 aliphatic rings. The van der Waals surface area contributed by atoms with Crippen molar-refractivity contribution in [2.45, 2.75) is 25.9 Å². The Morgan fingerprint density at radius 3 is 2.90 bits per heavy atom. The van der Waals surface area contributed by atoms with E-state index in [1.54, 1.807) is 6.07 Å². The number of aromatic nitrogens is 1. The minimum atomic E-state index is -0.248. The van der Waals surface area contributed by atoms with E-state index in [1.165, 1.54) is 0 Å². The summed E-state index contributed by atoms with van der Waals surface area (Å²) in [6.07, 6.45) is 0.861. The fourth-order valence-corrected chi connectivity index (χ4v) is 3.34. The van der Waals surface area contributed by atoms with Crippen LogP contribution < -0.4 is 14.8 Å². The maximum absolute atomic E-state index is 12.2. The summed E-state index contributed by atoms with van der Waals surface area (Å²) in [4.78, 5) is 16.6. The molecule has 0 spiro atoms. The number of fused-ring (bicyclic) bond motifs is 2. The van der Waals surface area contributed by atoms with Crippen LogP contribution in [0.1, 0.15) is 29.9 Å². The van der Waals surface area contributed by atoms with E-state index in [9.17, 15) is 4.79 Å². The Balaban J connectivity index is 1.29. The molecular weight excluding hydrogens is 364 g/mol. The van der Waals surface area contributed by atoms with Crippen LogP contribution in [0.5, 0.6) is 11.5 Å². The van der Waals surface area contributed by atoms with Crippen molar-refractivity contribution in [3.05, 3.63) is 65.9 Å². The molecule has 1 aromatic heterocycles. The Morgan fingerprint density at radius 1 is 1.14 bits per heavy atom. The third-order valence-electron chi connectivity index (χ3n) is 4.65. The lowest BCUT2D eigenvalue weighted by atomic mass is 10.0. The maximum atomic E-state index is 12.2. The highest BCUT2D eigenvalue weighted by atomic mass is 16.5. The van der Waals surface area contributed by atoms with Crippen molar-refractivity contribution in [3.8, 4) is 23.3 Å². The van der Waals surface area contributed by atoms with Gasteiger partial charge in [0.15, 0.2) is 11.5 Å². The molecule has 2 heterocycles. The number of ether oxygens (including phenoxy) is 2. The van der Waals surface area contributed by atoms with Gasteiger partial charge in [0.05, 0.1) is 12.1 Å². The molecule has 29 heavy (non-hydrogen) atoms. The lowest BCUT2D eigenvalue weighted by Crippen LogP contribution is -2.24. The lowest BCUT2D eigenvalue weighted by Gasteiger charge is -2.17. The summed E-state index contributed by atoms with van der Waals surface area (Å²) in [5.41, 5.74) is 2.10. The smallest absolute Gasteiger partial charge is 0.270 e. The molecule has 2 aromatic carbocycles. The predicted molar refractivity (Wildman–Crippen MR) is 112 cm³/mol. The van der Waals surface area contributed by atoms with E-state index in [2.05, 4.69) is 42.1 Å². The second kappa shape index (κ2) is 7.84. The highest BCUT2D eigenvalue weighted by Crippen LogP contribution is 2.41. The Morgan fingerprint density at radius 2 is 2.00 bits per heavy atom. The van der Waals surface area contributed by atoms with E-state index < -0.39 is 0 Å². The standard InChI is InChI=1S/C24H22N2O3/c1-24(2)16-18-9-7-11-21(22(18)29-24)28-15-6-5-14-25-23(27)20-13-12-17-8-3-4-10-19(17)26-20/h3-4,7-13H,14-16H2,1-2H3,(H,25,27). The van der Waals surface area contributed by atoms with Crippen LogP contribution in [-0.4, -0.2) is 29.6 Å². The van der Waals surface area contributed by atoms with Crippen molar-refractivity contribution < 1.29 is 14.3 Å². The number of benzene rings is 2. The number of rotatable bonds is 4. The van der Waals surface area contributed by atoms with Gasteiger partial charge in [-0.25, -0.2) is 4.98 Å². The van der Waals surface area contributed by atoms with Gasteiger partial charge in [0, 0.05) is 17.4 Å². The zero-order valence-corrected chi connectivity index (χ0v) is 16.5. The van der Waals surface area contributed by atoms with Crippen LogP contribution in [0.2, 0.25) is 0 Å². The van der Waals surface area contributed by atoms with Crippen LogP contribution in [0.25, 0.3) is 10.9 Å². The van der Waals surface area contributed by atoms with Crippen molar-refractivity contribution >= 4 is 16.8 Å². The first-order chi connectivity index (χ1) is 14.0. The van der Waals surface area contributed by atoms with Gasteiger partial charge < -0.3 is 14.8 Å². The minimum absolute atomic E-state index is 0.214. The van der Waals surface area contributed by atoms with Crippen LogP contribution in [0.3, 0.4) is 0 Å². The van der Waals surface area contributed by atoms with Gasteiger partial charge in [-0.05, 0) is 32.0 Å². The first-order valence-electron chi connectivity index (χ1n) is 9.55. The highest BCUT2D eigenvalue weighted by molar-refractivity contribution is 5.94. The number of para-hydroxylation sites is 2. The number of carbonyl (C=O) groups is 1. The molecule has 1 amide bonds. The van der Waals surface area contributed by atoms with Crippen molar-refractivity contribution in [3.63, 3.8) is 0 Å². The van der Waals surface area contributed by atoms with E-state index >= 15 is 0 Å². The van der Waals surface area contributed by atoms with Crippen LogP contribution in [0, 0.1) is 11.8 Å². The van der Waals surface area contributed by atoms with Crippen LogP contribution in [0.4, 0.5) is 0 Å². The molecule has 1 aliphatic heterocycles. The van der Waals surface area contributed by atoms with E-state index in [4.69, 9.17) is 9.47 Å². The quantitative estimate of drug-likeness (QED) is 0.694. The molecular formula is C24H22N2O3. The average Bonchev–Trinajstić information content (AvgIpc) is 3.04. The van der Waals surface area contributed by atoms with Crippen molar-refractivity contribution in [2.24, 2.45) is 0 Å². The van der Waals surface area contributed by atoms with Crippen LogP contribution >= 0.6 is 0 Å². The normalized spacial score (nSPS) is 13.7. The van der Waals surface area contributed by atoms with E-state index in [-0.39, 0.29) is 24.7 Å². The molecule has 0 radical (unpaired) electrons.